The molecule has 0 spiro atoms. The fourth-order valence-corrected chi connectivity index (χ4v) is 3.89. The lowest BCUT2D eigenvalue weighted by Gasteiger charge is -2.28. The molecule has 2 heterocycles. The molecule has 1 atom stereocenters. The maximum atomic E-state index is 13.2. The summed E-state index contributed by atoms with van der Waals surface area (Å²) >= 11 is 0. The number of furan rings is 1. The maximum absolute atomic E-state index is 13.2. The van der Waals surface area contributed by atoms with E-state index in [1.807, 2.05) is 31.2 Å². The summed E-state index contributed by atoms with van der Waals surface area (Å²) in [5.41, 5.74) is 1.96. The summed E-state index contributed by atoms with van der Waals surface area (Å²) in [6.45, 7) is 3.80. The largest absolute Gasteiger partial charge is 0.467 e. The third kappa shape index (κ3) is 5.22. The Morgan fingerprint density at radius 3 is 2.66 bits per heavy atom. The second-order valence-electron chi connectivity index (χ2n) is 8.28. The van der Waals surface area contributed by atoms with Crippen LogP contribution in [0, 0.1) is 6.92 Å². The van der Waals surface area contributed by atoms with Gasteiger partial charge in [-0.1, -0.05) is 42.7 Å². The number of hydrogen-bond donors (Lipinski definition) is 1. The third-order valence-electron chi connectivity index (χ3n) is 5.81. The summed E-state index contributed by atoms with van der Waals surface area (Å²) in [6.07, 6.45) is 5.75. The van der Waals surface area contributed by atoms with E-state index in [4.69, 9.17) is 4.42 Å². The maximum Gasteiger partial charge on any atom is 0.247 e. The average molecular weight is 437 g/mol. The predicted octanol–water partition coefficient (Wildman–Crippen LogP) is 2.72. The highest BCUT2D eigenvalue weighted by molar-refractivity contribution is 5.87. The Bertz CT molecular complexity index is 1040. The van der Waals surface area contributed by atoms with E-state index in [0.29, 0.717) is 11.6 Å². The van der Waals surface area contributed by atoms with Gasteiger partial charge in [-0.3, -0.25) is 9.59 Å². The summed E-state index contributed by atoms with van der Waals surface area (Å²) in [5.74, 6) is 0.597. The molecule has 9 heteroatoms. The van der Waals surface area contributed by atoms with E-state index >= 15 is 0 Å². The van der Waals surface area contributed by atoms with Crippen LogP contribution in [-0.4, -0.2) is 49.0 Å². The van der Waals surface area contributed by atoms with Crippen molar-refractivity contribution >= 4 is 11.8 Å². The van der Waals surface area contributed by atoms with E-state index in [0.717, 1.165) is 36.8 Å². The second-order valence-corrected chi connectivity index (χ2v) is 8.28. The minimum Gasteiger partial charge on any atom is -0.467 e. The molecule has 1 N–H and O–H groups in total. The van der Waals surface area contributed by atoms with E-state index < -0.39 is 6.04 Å². The molecule has 1 aliphatic carbocycles. The molecule has 2 amide bonds. The van der Waals surface area contributed by atoms with E-state index in [9.17, 15) is 9.59 Å². The molecule has 9 nitrogen and oxygen atoms in total. The van der Waals surface area contributed by atoms with E-state index in [2.05, 4.69) is 20.7 Å². The van der Waals surface area contributed by atoms with Crippen LogP contribution in [0.4, 0.5) is 0 Å². The van der Waals surface area contributed by atoms with E-state index in [1.54, 1.807) is 25.3 Å². The van der Waals surface area contributed by atoms with Crippen LogP contribution in [0.1, 0.15) is 43.9 Å². The molecule has 32 heavy (non-hydrogen) atoms. The number of hydrogen-bond acceptors (Lipinski definition) is 6. The van der Waals surface area contributed by atoms with Gasteiger partial charge in [0.2, 0.25) is 17.6 Å². The molecule has 1 unspecified atom stereocenters. The van der Waals surface area contributed by atoms with Crippen LogP contribution in [0.3, 0.4) is 0 Å². The Morgan fingerprint density at radius 1 is 1.22 bits per heavy atom. The monoisotopic (exact) mass is 436 g/mol. The van der Waals surface area contributed by atoms with Crippen LogP contribution in [-0.2, 0) is 22.7 Å². The summed E-state index contributed by atoms with van der Waals surface area (Å²) in [7, 11) is 0. The van der Waals surface area contributed by atoms with Crippen LogP contribution < -0.4 is 5.32 Å². The first-order chi connectivity index (χ1) is 15.5. The normalized spacial score (nSPS) is 14.9. The molecule has 2 aromatic heterocycles. The standard InChI is InChI=1S/C23H28N6O3/c1-16-9-11-18(12-10-16)22-25-27-29(26-22)15-21(30)28(14-20-8-5-13-32-20)17(2)23(31)24-19-6-3-4-7-19/h5,8-13,17,19H,3-4,6-7,14-15H2,1-2H3,(H,24,31). The smallest absolute Gasteiger partial charge is 0.247 e. The second kappa shape index (κ2) is 9.76. The number of benzene rings is 1. The lowest BCUT2D eigenvalue weighted by Crippen LogP contribution is -2.50. The van der Waals surface area contributed by atoms with Crippen LogP contribution in [0.2, 0.25) is 0 Å². The molecule has 0 aliphatic heterocycles. The number of carbonyl (C=O) groups is 2. The minimum absolute atomic E-state index is 0.124. The molecule has 1 saturated carbocycles. The summed E-state index contributed by atoms with van der Waals surface area (Å²) in [5, 5.41) is 15.5. The van der Waals surface area contributed by atoms with E-state index in [-0.39, 0.29) is 30.9 Å². The molecule has 0 saturated heterocycles. The quantitative estimate of drug-likeness (QED) is 0.582. The summed E-state index contributed by atoms with van der Waals surface area (Å²) < 4.78 is 5.42. The van der Waals surface area contributed by atoms with Crippen LogP contribution in [0.25, 0.3) is 11.4 Å². The van der Waals surface area contributed by atoms with Gasteiger partial charge in [-0.25, -0.2) is 0 Å². The fourth-order valence-electron chi connectivity index (χ4n) is 3.89. The van der Waals surface area contributed by atoms with Gasteiger partial charge < -0.3 is 14.6 Å². The topological polar surface area (TPSA) is 106 Å². The summed E-state index contributed by atoms with van der Waals surface area (Å²) in [4.78, 5) is 28.8. The number of aryl methyl sites for hydroxylation is 1. The highest BCUT2D eigenvalue weighted by Gasteiger charge is 2.29. The van der Waals surface area contributed by atoms with Gasteiger partial charge in [0.1, 0.15) is 18.3 Å². The highest BCUT2D eigenvalue weighted by atomic mass is 16.3. The van der Waals surface area contributed by atoms with Gasteiger partial charge in [-0.15, -0.1) is 10.2 Å². The van der Waals surface area contributed by atoms with Crippen molar-refractivity contribution in [2.45, 2.75) is 64.7 Å². The van der Waals surface area contributed by atoms with Gasteiger partial charge in [-0.2, -0.15) is 4.80 Å². The summed E-state index contributed by atoms with van der Waals surface area (Å²) in [6, 6.07) is 10.8. The number of rotatable bonds is 8. The van der Waals surface area contributed by atoms with E-state index in [1.165, 1.54) is 9.70 Å². The van der Waals surface area contributed by atoms with Gasteiger partial charge in [0.25, 0.3) is 0 Å². The molecular formula is C23H28N6O3. The number of nitrogens with one attached hydrogen (secondary N) is 1. The zero-order valence-corrected chi connectivity index (χ0v) is 18.4. The number of aromatic nitrogens is 4. The first-order valence-electron chi connectivity index (χ1n) is 11.0. The van der Waals surface area contributed by atoms with Crippen LogP contribution >= 0.6 is 0 Å². The molecular weight excluding hydrogens is 408 g/mol. The molecule has 1 fully saturated rings. The predicted molar refractivity (Wildman–Crippen MR) is 117 cm³/mol. The van der Waals surface area contributed by atoms with Gasteiger partial charge >= 0.3 is 0 Å². The molecule has 168 valence electrons. The minimum atomic E-state index is -0.659. The lowest BCUT2D eigenvalue weighted by atomic mass is 10.1. The Kier molecular flexibility index (Phi) is 6.63. The Morgan fingerprint density at radius 2 is 1.97 bits per heavy atom. The SMILES string of the molecule is Cc1ccc(-c2nnn(CC(=O)N(Cc3ccco3)C(C)C(=O)NC3CCCC3)n2)cc1. The third-order valence-corrected chi connectivity index (χ3v) is 5.81. The first kappa shape index (κ1) is 21.7. The van der Waals surface area contributed by atoms with Crippen molar-refractivity contribution < 1.29 is 14.0 Å². The number of nitrogens with zero attached hydrogens (tertiary/aromatic N) is 5. The van der Waals surface area contributed by atoms with Crippen molar-refractivity contribution in [2.24, 2.45) is 0 Å². The highest BCUT2D eigenvalue weighted by Crippen LogP contribution is 2.19. The molecule has 3 aromatic rings. The van der Waals surface area contributed by atoms with Crippen molar-refractivity contribution in [2.75, 3.05) is 0 Å². The first-order valence-corrected chi connectivity index (χ1v) is 11.0. The van der Waals surface area contributed by atoms with Crippen LogP contribution in [0.5, 0.6) is 0 Å². The van der Waals surface area contributed by atoms with Crippen molar-refractivity contribution in [1.29, 1.82) is 0 Å². The van der Waals surface area contributed by atoms with Crippen molar-refractivity contribution in [1.82, 2.24) is 30.4 Å². The van der Waals surface area contributed by atoms with Crippen molar-refractivity contribution in [3.63, 3.8) is 0 Å². The molecule has 1 aliphatic rings. The van der Waals surface area contributed by atoms with Gasteiger partial charge in [-0.05, 0) is 44.0 Å². The van der Waals surface area contributed by atoms with Crippen molar-refractivity contribution in [3.8, 4) is 11.4 Å². The number of amides is 2. The Labute approximate surface area is 186 Å². The lowest BCUT2D eigenvalue weighted by molar-refractivity contribution is -0.142. The van der Waals surface area contributed by atoms with Gasteiger partial charge in [0, 0.05) is 11.6 Å². The average Bonchev–Trinajstić information content (AvgIpc) is 3.55. The van der Waals surface area contributed by atoms with Gasteiger partial charge in [0.05, 0.1) is 12.8 Å². The molecule has 4 rings (SSSR count). The Hall–Kier alpha value is -3.49. The molecule has 1 aromatic carbocycles. The number of carbonyl (C=O) groups excluding carboxylic acids is 2. The fraction of sp³-hybridized carbons (Fsp3) is 0.435. The number of tetrazole rings is 1. The van der Waals surface area contributed by atoms with Crippen LogP contribution in [0.15, 0.2) is 47.1 Å². The molecule has 0 bridgehead atoms. The zero-order valence-electron chi connectivity index (χ0n) is 18.4. The Balaban J connectivity index is 1.47. The van der Waals surface area contributed by atoms with Gasteiger partial charge in [0.15, 0.2) is 0 Å². The molecule has 0 radical (unpaired) electrons. The zero-order chi connectivity index (χ0) is 22.5. The van der Waals surface area contributed by atoms with Crippen molar-refractivity contribution in [3.05, 3.63) is 54.0 Å².